The molecule has 142 valence electrons. The van der Waals surface area contributed by atoms with Gasteiger partial charge in [-0.1, -0.05) is 36.4 Å². The Kier molecular flexibility index (Phi) is 5.96. The molecule has 0 aliphatic carbocycles. The van der Waals surface area contributed by atoms with Gasteiger partial charge in [-0.2, -0.15) is 0 Å². The van der Waals surface area contributed by atoms with Crippen molar-refractivity contribution < 1.29 is 14.3 Å². The van der Waals surface area contributed by atoms with E-state index in [9.17, 15) is 9.59 Å². The predicted molar refractivity (Wildman–Crippen MR) is 110 cm³/mol. The van der Waals surface area contributed by atoms with Crippen LogP contribution in [0.3, 0.4) is 0 Å². The van der Waals surface area contributed by atoms with E-state index < -0.39 is 0 Å². The lowest BCUT2D eigenvalue weighted by Gasteiger charge is -2.14. The Labute approximate surface area is 164 Å². The number of anilines is 1. The smallest absolute Gasteiger partial charge is 0.274 e. The Hall–Kier alpha value is -3.31. The van der Waals surface area contributed by atoms with E-state index in [1.54, 1.807) is 6.07 Å². The van der Waals surface area contributed by atoms with Crippen LogP contribution in [-0.2, 0) is 11.3 Å². The number of pyridine rings is 1. The normalized spacial score (nSPS) is 10.5. The molecule has 0 unspecified atom stereocenters. The summed E-state index contributed by atoms with van der Waals surface area (Å²) in [7, 11) is 1.54. The number of aryl methyl sites for hydroxylation is 1. The summed E-state index contributed by atoms with van der Waals surface area (Å²) in [6.07, 6.45) is 2.10. The lowest BCUT2D eigenvalue weighted by molar-refractivity contribution is 0.102. The van der Waals surface area contributed by atoms with Crippen molar-refractivity contribution in [2.24, 2.45) is 0 Å². The lowest BCUT2D eigenvalue weighted by Crippen LogP contribution is -2.15. The summed E-state index contributed by atoms with van der Waals surface area (Å²) in [5.74, 6) is -0.333. The van der Waals surface area contributed by atoms with E-state index in [0.717, 1.165) is 22.4 Å². The molecule has 0 bridgehead atoms. The number of nitrogens with one attached hydrogen (secondary N) is 1. The molecule has 0 atom stereocenters. The van der Waals surface area contributed by atoms with Crippen LogP contribution in [0.1, 0.15) is 37.5 Å². The first-order valence-corrected chi connectivity index (χ1v) is 8.95. The molecule has 1 N–H and O–H groups in total. The SMILES string of the molecule is COCc1cc(C(=O)Nc2cccc(-c3ccccc3C)c2C)ncc1C=O. The first kappa shape index (κ1) is 19.5. The van der Waals surface area contributed by atoms with Gasteiger partial charge in [0.05, 0.1) is 6.61 Å². The van der Waals surface area contributed by atoms with Crippen molar-refractivity contribution in [2.45, 2.75) is 20.5 Å². The molecule has 0 radical (unpaired) electrons. The van der Waals surface area contributed by atoms with E-state index in [4.69, 9.17) is 4.74 Å². The number of carbonyl (C=O) groups is 2. The molecule has 2 aromatic carbocycles. The number of ether oxygens (including phenoxy) is 1. The van der Waals surface area contributed by atoms with Crippen LogP contribution < -0.4 is 5.32 Å². The van der Waals surface area contributed by atoms with Gasteiger partial charge in [-0.05, 0) is 53.8 Å². The van der Waals surface area contributed by atoms with Crippen LogP contribution in [0, 0.1) is 13.8 Å². The molecular formula is C23H22N2O3. The number of aldehydes is 1. The number of benzene rings is 2. The molecule has 1 heterocycles. The van der Waals surface area contributed by atoms with Gasteiger partial charge in [-0.3, -0.25) is 14.6 Å². The molecule has 5 nitrogen and oxygen atoms in total. The van der Waals surface area contributed by atoms with Gasteiger partial charge in [0, 0.05) is 24.6 Å². The summed E-state index contributed by atoms with van der Waals surface area (Å²) < 4.78 is 5.10. The van der Waals surface area contributed by atoms with Gasteiger partial charge in [-0.25, -0.2) is 0 Å². The number of hydrogen-bond donors (Lipinski definition) is 1. The molecule has 0 spiro atoms. The summed E-state index contributed by atoms with van der Waals surface area (Å²) >= 11 is 0. The largest absolute Gasteiger partial charge is 0.380 e. The maximum absolute atomic E-state index is 12.7. The molecule has 0 aliphatic rings. The minimum absolute atomic E-state index is 0.235. The highest BCUT2D eigenvalue weighted by atomic mass is 16.5. The van der Waals surface area contributed by atoms with Crippen LogP contribution in [0.15, 0.2) is 54.7 Å². The zero-order valence-corrected chi connectivity index (χ0v) is 16.2. The molecule has 1 amide bonds. The molecule has 3 rings (SSSR count). The predicted octanol–water partition coefficient (Wildman–Crippen LogP) is 4.58. The van der Waals surface area contributed by atoms with Gasteiger partial charge in [0.2, 0.25) is 0 Å². The van der Waals surface area contributed by atoms with Crippen molar-refractivity contribution in [1.82, 2.24) is 4.98 Å². The first-order valence-electron chi connectivity index (χ1n) is 8.95. The minimum atomic E-state index is -0.333. The van der Waals surface area contributed by atoms with Crippen LogP contribution in [0.25, 0.3) is 11.1 Å². The monoisotopic (exact) mass is 374 g/mol. The second-order valence-electron chi connectivity index (χ2n) is 6.57. The van der Waals surface area contributed by atoms with Crippen LogP contribution in [0.4, 0.5) is 5.69 Å². The molecule has 0 saturated heterocycles. The minimum Gasteiger partial charge on any atom is -0.380 e. The summed E-state index contributed by atoms with van der Waals surface area (Å²) in [6, 6.07) is 15.6. The maximum Gasteiger partial charge on any atom is 0.274 e. The lowest BCUT2D eigenvalue weighted by atomic mass is 9.95. The summed E-state index contributed by atoms with van der Waals surface area (Å²) in [5, 5.41) is 2.93. The Morgan fingerprint density at radius 3 is 2.57 bits per heavy atom. The fourth-order valence-corrected chi connectivity index (χ4v) is 3.14. The molecule has 0 fully saturated rings. The van der Waals surface area contributed by atoms with Crippen molar-refractivity contribution in [2.75, 3.05) is 12.4 Å². The fraction of sp³-hybridized carbons (Fsp3) is 0.174. The number of hydrogen-bond acceptors (Lipinski definition) is 4. The van der Waals surface area contributed by atoms with Crippen molar-refractivity contribution >= 4 is 17.9 Å². The maximum atomic E-state index is 12.7. The Morgan fingerprint density at radius 2 is 1.86 bits per heavy atom. The highest BCUT2D eigenvalue weighted by Gasteiger charge is 2.14. The third-order valence-corrected chi connectivity index (χ3v) is 4.70. The van der Waals surface area contributed by atoms with Crippen LogP contribution in [0.5, 0.6) is 0 Å². The van der Waals surface area contributed by atoms with E-state index in [1.165, 1.54) is 18.9 Å². The topological polar surface area (TPSA) is 68.3 Å². The van der Waals surface area contributed by atoms with Crippen LogP contribution in [-0.4, -0.2) is 24.3 Å². The highest BCUT2D eigenvalue weighted by Crippen LogP contribution is 2.30. The van der Waals surface area contributed by atoms with Gasteiger partial charge in [0.15, 0.2) is 6.29 Å². The van der Waals surface area contributed by atoms with Gasteiger partial charge in [-0.15, -0.1) is 0 Å². The number of amides is 1. The van der Waals surface area contributed by atoms with Gasteiger partial charge in [0.1, 0.15) is 5.69 Å². The molecule has 28 heavy (non-hydrogen) atoms. The Balaban J connectivity index is 1.91. The van der Waals surface area contributed by atoms with E-state index >= 15 is 0 Å². The van der Waals surface area contributed by atoms with Crippen molar-refractivity contribution in [3.8, 4) is 11.1 Å². The number of methoxy groups -OCH3 is 1. The summed E-state index contributed by atoms with van der Waals surface area (Å²) in [5.41, 5.74) is 6.35. The standard InChI is InChI=1S/C23H22N2O3/c1-15-7-4-5-8-19(15)20-9-6-10-21(16(20)2)25-23(27)22-11-17(14-28-3)18(13-26)12-24-22/h4-13H,14H2,1-3H3,(H,25,27). The van der Waals surface area contributed by atoms with Crippen molar-refractivity contribution in [3.05, 3.63) is 82.7 Å². The number of nitrogens with zero attached hydrogens (tertiary/aromatic N) is 1. The van der Waals surface area contributed by atoms with E-state index in [2.05, 4.69) is 29.4 Å². The van der Waals surface area contributed by atoms with Crippen molar-refractivity contribution in [3.63, 3.8) is 0 Å². The van der Waals surface area contributed by atoms with Gasteiger partial charge in [0.25, 0.3) is 5.91 Å². The quantitative estimate of drug-likeness (QED) is 0.642. The van der Waals surface area contributed by atoms with Crippen LogP contribution >= 0.6 is 0 Å². The summed E-state index contributed by atoms with van der Waals surface area (Å²) in [6.45, 7) is 4.28. The number of rotatable bonds is 6. The highest BCUT2D eigenvalue weighted by molar-refractivity contribution is 6.04. The average Bonchev–Trinajstić information content (AvgIpc) is 2.70. The van der Waals surface area contributed by atoms with Crippen molar-refractivity contribution in [1.29, 1.82) is 0 Å². The molecular weight excluding hydrogens is 352 g/mol. The fourth-order valence-electron chi connectivity index (χ4n) is 3.14. The Morgan fingerprint density at radius 1 is 1.11 bits per heavy atom. The third kappa shape index (κ3) is 4.00. The number of carbonyl (C=O) groups excluding carboxylic acids is 2. The van der Waals surface area contributed by atoms with E-state index in [-0.39, 0.29) is 18.2 Å². The second kappa shape index (κ2) is 8.59. The van der Waals surface area contributed by atoms with E-state index in [1.807, 2.05) is 37.3 Å². The second-order valence-corrected chi connectivity index (χ2v) is 6.57. The first-order chi connectivity index (χ1) is 13.5. The molecule has 0 aliphatic heterocycles. The average molecular weight is 374 g/mol. The molecule has 5 heteroatoms. The van der Waals surface area contributed by atoms with E-state index in [0.29, 0.717) is 17.4 Å². The van der Waals surface area contributed by atoms with Crippen LogP contribution in [0.2, 0.25) is 0 Å². The van der Waals surface area contributed by atoms with Gasteiger partial charge >= 0.3 is 0 Å². The molecule has 1 aromatic heterocycles. The van der Waals surface area contributed by atoms with Gasteiger partial charge < -0.3 is 10.1 Å². The molecule has 3 aromatic rings. The summed E-state index contributed by atoms with van der Waals surface area (Å²) in [4.78, 5) is 28.0. The third-order valence-electron chi connectivity index (χ3n) is 4.70. The zero-order valence-electron chi connectivity index (χ0n) is 16.2. The number of aromatic nitrogens is 1. The zero-order chi connectivity index (χ0) is 20.1. The molecule has 0 saturated carbocycles. The Bertz CT molecular complexity index is 1030.